The molecular weight excluding hydrogens is 380 g/mol. The second-order valence-electron chi connectivity index (χ2n) is 7.25. The molecule has 3 amide bonds. The highest BCUT2D eigenvalue weighted by Gasteiger charge is 2.47. The Hall–Kier alpha value is -2.48. The van der Waals surface area contributed by atoms with Gasteiger partial charge in [-0.05, 0) is 44.6 Å². The van der Waals surface area contributed by atoms with E-state index in [0.29, 0.717) is 23.4 Å². The molecule has 28 heavy (non-hydrogen) atoms. The second-order valence-corrected chi connectivity index (χ2v) is 8.35. The quantitative estimate of drug-likeness (QED) is 0.463. The number of fused-ring (bicyclic) bond motifs is 2. The molecule has 1 saturated heterocycles. The molecule has 1 aromatic heterocycles. The average Bonchev–Trinajstić information content (AvgIpc) is 3.31. The van der Waals surface area contributed by atoms with E-state index in [0.717, 1.165) is 34.6 Å². The topological polar surface area (TPSA) is 92.8 Å². The number of nitrogens with zero attached hydrogens (tertiary/aromatic N) is 1. The van der Waals surface area contributed by atoms with Crippen LogP contribution in [0.1, 0.15) is 47.0 Å². The molecule has 148 valence electrons. The largest absolute Gasteiger partial charge is 0.462 e. The molecule has 8 heteroatoms. The van der Waals surface area contributed by atoms with Gasteiger partial charge in [-0.1, -0.05) is 12.2 Å². The van der Waals surface area contributed by atoms with Crippen LogP contribution in [0, 0.1) is 11.8 Å². The fourth-order valence-electron chi connectivity index (χ4n) is 4.25. The van der Waals surface area contributed by atoms with Crippen molar-refractivity contribution in [2.24, 2.45) is 11.8 Å². The predicted octanol–water partition coefficient (Wildman–Crippen LogP) is 2.30. The van der Waals surface area contributed by atoms with Crippen LogP contribution in [-0.2, 0) is 32.0 Å². The molecule has 1 fully saturated rings. The maximum Gasteiger partial charge on any atom is 0.341 e. The summed E-state index contributed by atoms with van der Waals surface area (Å²) >= 11 is 1.38. The van der Waals surface area contributed by atoms with Crippen molar-refractivity contribution >= 4 is 40.0 Å². The normalized spacial score (nSPS) is 23.0. The van der Waals surface area contributed by atoms with Crippen molar-refractivity contribution in [3.8, 4) is 0 Å². The summed E-state index contributed by atoms with van der Waals surface area (Å²) in [5.74, 6) is -2.19. The van der Waals surface area contributed by atoms with Crippen LogP contribution in [0.4, 0.5) is 5.00 Å². The minimum atomic E-state index is -0.473. The van der Waals surface area contributed by atoms with Crippen molar-refractivity contribution in [3.63, 3.8) is 0 Å². The molecule has 1 aromatic rings. The van der Waals surface area contributed by atoms with Gasteiger partial charge < -0.3 is 10.1 Å². The van der Waals surface area contributed by atoms with Gasteiger partial charge in [0.2, 0.25) is 17.7 Å². The molecule has 0 saturated carbocycles. The lowest BCUT2D eigenvalue weighted by atomic mass is 9.85. The smallest absolute Gasteiger partial charge is 0.341 e. The molecule has 0 bridgehead atoms. The molecule has 0 aromatic carbocycles. The minimum Gasteiger partial charge on any atom is -0.462 e. The maximum atomic E-state index is 12.6. The average molecular weight is 402 g/mol. The monoisotopic (exact) mass is 402 g/mol. The number of hydrogen-bond acceptors (Lipinski definition) is 6. The number of thiophene rings is 1. The van der Waals surface area contributed by atoms with Crippen molar-refractivity contribution in [1.29, 1.82) is 0 Å². The van der Waals surface area contributed by atoms with E-state index in [4.69, 9.17) is 4.74 Å². The molecular formula is C20H22N2O5S. The van der Waals surface area contributed by atoms with Gasteiger partial charge >= 0.3 is 5.97 Å². The van der Waals surface area contributed by atoms with Crippen molar-refractivity contribution < 1.29 is 23.9 Å². The highest BCUT2D eigenvalue weighted by molar-refractivity contribution is 7.17. The Morgan fingerprint density at radius 3 is 2.50 bits per heavy atom. The summed E-state index contributed by atoms with van der Waals surface area (Å²) in [6.07, 6.45) is 7.55. The SMILES string of the molecule is CCOC(=O)c1c(NC(=O)CN2C(=O)[C@@H]3CC=CC[C@H]3C2=O)sc2c1CCC2. The fourth-order valence-corrected chi connectivity index (χ4v) is 5.54. The number of hydrogen-bond donors (Lipinski definition) is 1. The molecule has 4 rings (SSSR count). The Labute approximate surface area is 166 Å². The molecule has 1 N–H and O–H groups in total. The van der Waals surface area contributed by atoms with E-state index in [1.165, 1.54) is 11.3 Å². The summed E-state index contributed by atoms with van der Waals surface area (Å²) in [5.41, 5.74) is 1.37. The summed E-state index contributed by atoms with van der Waals surface area (Å²) in [5, 5.41) is 3.20. The first-order valence-electron chi connectivity index (χ1n) is 9.63. The van der Waals surface area contributed by atoms with Crippen LogP contribution >= 0.6 is 11.3 Å². The number of imide groups is 1. The van der Waals surface area contributed by atoms with Crippen LogP contribution < -0.4 is 5.32 Å². The summed E-state index contributed by atoms with van der Waals surface area (Å²) < 4.78 is 5.16. The molecule has 7 nitrogen and oxygen atoms in total. The number of amides is 3. The van der Waals surface area contributed by atoms with Gasteiger partial charge in [-0.15, -0.1) is 11.3 Å². The zero-order valence-electron chi connectivity index (χ0n) is 15.7. The number of rotatable bonds is 5. The van der Waals surface area contributed by atoms with Crippen LogP contribution in [0.25, 0.3) is 0 Å². The van der Waals surface area contributed by atoms with E-state index < -0.39 is 11.9 Å². The second kappa shape index (κ2) is 7.50. The van der Waals surface area contributed by atoms with Gasteiger partial charge in [-0.25, -0.2) is 4.79 Å². The summed E-state index contributed by atoms with van der Waals surface area (Å²) in [4.78, 5) is 52.2. The van der Waals surface area contributed by atoms with Crippen LogP contribution in [0.15, 0.2) is 12.2 Å². The van der Waals surface area contributed by atoms with Gasteiger partial charge in [0.15, 0.2) is 0 Å². The highest BCUT2D eigenvalue weighted by atomic mass is 32.1. The Morgan fingerprint density at radius 2 is 1.86 bits per heavy atom. The van der Waals surface area contributed by atoms with Gasteiger partial charge in [-0.3, -0.25) is 19.3 Å². The van der Waals surface area contributed by atoms with Crippen molar-refractivity contribution in [1.82, 2.24) is 4.90 Å². The Morgan fingerprint density at radius 1 is 1.18 bits per heavy atom. The molecule has 0 unspecified atom stereocenters. The lowest BCUT2D eigenvalue weighted by Gasteiger charge is -2.14. The van der Waals surface area contributed by atoms with Gasteiger partial charge in [0.05, 0.1) is 24.0 Å². The first kappa shape index (κ1) is 18.9. The lowest BCUT2D eigenvalue weighted by Crippen LogP contribution is -2.38. The van der Waals surface area contributed by atoms with E-state index in [1.807, 2.05) is 12.2 Å². The Bertz CT molecular complexity index is 861. The molecule has 1 aliphatic heterocycles. The van der Waals surface area contributed by atoms with Crippen LogP contribution in [0.5, 0.6) is 0 Å². The van der Waals surface area contributed by atoms with Crippen molar-refractivity contribution in [3.05, 3.63) is 28.2 Å². The summed E-state index contributed by atoms with van der Waals surface area (Å²) in [6.45, 7) is 1.67. The zero-order valence-corrected chi connectivity index (χ0v) is 16.5. The first-order chi connectivity index (χ1) is 13.5. The number of esters is 1. The fraction of sp³-hybridized carbons (Fsp3) is 0.500. The maximum absolute atomic E-state index is 12.6. The van der Waals surface area contributed by atoms with E-state index in [9.17, 15) is 19.2 Å². The van der Waals surface area contributed by atoms with E-state index in [-0.39, 0.29) is 36.8 Å². The third-order valence-electron chi connectivity index (χ3n) is 5.55. The Kier molecular flexibility index (Phi) is 5.05. The molecule has 0 spiro atoms. The first-order valence-corrected chi connectivity index (χ1v) is 10.4. The number of aryl methyl sites for hydroxylation is 1. The standard InChI is InChI=1S/C20H22N2O5S/c1-2-27-20(26)16-13-8-5-9-14(13)28-17(16)21-15(23)10-22-18(24)11-6-3-4-7-12(11)19(22)25/h3-4,11-12H,2,5-10H2,1H3,(H,21,23)/t11-,12-/m1/s1. The van der Waals surface area contributed by atoms with Gasteiger partial charge in [0, 0.05) is 4.88 Å². The highest BCUT2D eigenvalue weighted by Crippen LogP contribution is 2.40. The van der Waals surface area contributed by atoms with E-state index in [2.05, 4.69) is 5.32 Å². The van der Waals surface area contributed by atoms with Crippen molar-refractivity contribution in [2.75, 3.05) is 18.5 Å². The zero-order chi connectivity index (χ0) is 19.8. The minimum absolute atomic E-state index is 0.254. The lowest BCUT2D eigenvalue weighted by molar-refractivity contribution is -0.142. The number of allylic oxidation sites excluding steroid dienone is 2. The number of nitrogens with one attached hydrogen (secondary N) is 1. The molecule has 2 aliphatic carbocycles. The third kappa shape index (κ3) is 3.15. The van der Waals surface area contributed by atoms with Crippen molar-refractivity contribution in [2.45, 2.75) is 39.0 Å². The molecule has 2 atom stereocenters. The van der Waals surface area contributed by atoms with Gasteiger partial charge in [0.1, 0.15) is 11.5 Å². The number of ether oxygens (including phenoxy) is 1. The van der Waals surface area contributed by atoms with Gasteiger partial charge in [-0.2, -0.15) is 0 Å². The molecule has 0 radical (unpaired) electrons. The molecule has 2 heterocycles. The summed E-state index contributed by atoms with van der Waals surface area (Å²) in [7, 11) is 0. The Balaban J connectivity index is 1.50. The number of anilines is 1. The third-order valence-corrected chi connectivity index (χ3v) is 6.76. The van der Waals surface area contributed by atoms with Crippen LogP contribution in [0.2, 0.25) is 0 Å². The number of carbonyl (C=O) groups excluding carboxylic acids is 4. The predicted molar refractivity (Wildman–Crippen MR) is 103 cm³/mol. The van der Waals surface area contributed by atoms with Crippen LogP contribution in [0.3, 0.4) is 0 Å². The number of likely N-dealkylation sites (tertiary alicyclic amines) is 1. The van der Waals surface area contributed by atoms with E-state index in [1.54, 1.807) is 6.92 Å². The van der Waals surface area contributed by atoms with Crippen LogP contribution in [-0.4, -0.2) is 41.7 Å². The number of carbonyl (C=O) groups is 4. The van der Waals surface area contributed by atoms with Gasteiger partial charge in [0.25, 0.3) is 0 Å². The molecule has 3 aliphatic rings. The van der Waals surface area contributed by atoms with E-state index >= 15 is 0 Å². The summed E-state index contributed by atoms with van der Waals surface area (Å²) in [6, 6.07) is 0.